The van der Waals surface area contributed by atoms with Gasteiger partial charge < -0.3 is 26.2 Å². The predicted molar refractivity (Wildman–Crippen MR) is 111 cm³/mol. The minimum absolute atomic E-state index is 0.0184. The van der Waals surface area contributed by atoms with E-state index in [2.05, 4.69) is 22.8 Å². The van der Waals surface area contributed by atoms with E-state index >= 15 is 0 Å². The fourth-order valence-electron chi connectivity index (χ4n) is 3.54. The quantitative estimate of drug-likeness (QED) is 0.466. The number of aliphatic carboxylic acids is 1. The van der Waals surface area contributed by atoms with Crippen LogP contribution in [0.1, 0.15) is 29.9 Å². The highest BCUT2D eigenvalue weighted by Crippen LogP contribution is 2.44. The number of ether oxygens (including phenoxy) is 1. The normalized spacial score (nSPS) is 13.1. The Labute approximate surface area is 174 Å². The van der Waals surface area contributed by atoms with Gasteiger partial charge in [0, 0.05) is 25.4 Å². The highest BCUT2D eigenvalue weighted by molar-refractivity contribution is 5.82. The molecule has 0 radical (unpaired) electrons. The van der Waals surface area contributed by atoms with Crippen LogP contribution in [0.3, 0.4) is 0 Å². The van der Waals surface area contributed by atoms with Gasteiger partial charge >= 0.3 is 12.1 Å². The van der Waals surface area contributed by atoms with Crippen LogP contribution in [-0.4, -0.2) is 48.8 Å². The van der Waals surface area contributed by atoms with Crippen molar-refractivity contribution in [2.75, 3.05) is 19.7 Å². The molecule has 2 aromatic carbocycles. The van der Waals surface area contributed by atoms with Crippen LogP contribution in [-0.2, 0) is 14.3 Å². The minimum atomic E-state index is -1.00. The maximum atomic E-state index is 12.0. The van der Waals surface area contributed by atoms with E-state index in [1.54, 1.807) is 0 Å². The molecule has 1 aliphatic rings. The number of carbonyl (C=O) groups excluding carboxylic acids is 2. The number of amides is 2. The summed E-state index contributed by atoms with van der Waals surface area (Å²) in [6.07, 6.45) is -0.686. The average Bonchev–Trinajstić information content (AvgIpc) is 3.07. The van der Waals surface area contributed by atoms with Gasteiger partial charge in [-0.2, -0.15) is 0 Å². The van der Waals surface area contributed by atoms with Crippen molar-refractivity contribution < 1.29 is 24.2 Å². The second kappa shape index (κ2) is 9.89. The largest absolute Gasteiger partial charge is 0.481 e. The molecule has 0 heterocycles. The average molecular weight is 411 g/mol. The number of benzene rings is 2. The zero-order valence-electron chi connectivity index (χ0n) is 16.5. The lowest BCUT2D eigenvalue weighted by Gasteiger charge is -2.15. The third kappa shape index (κ3) is 5.15. The maximum absolute atomic E-state index is 12.0. The Morgan fingerprint density at radius 2 is 1.53 bits per heavy atom. The Balaban J connectivity index is 1.42. The molecule has 0 bridgehead atoms. The van der Waals surface area contributed by atoms with E-state index in [1.807, 2.05) is 36.4 Å². The van der Waals surface area contributed by atoms with Crippen LogP contribution in [0.2, 0.25) is 0 Å². The summed E-state index contributed by atoms with van der Waals surface area (Å²) < 4.78 is 5.41. The van der Waals surface area contributed by atoms with Crippen molar-refractivity contribution in [1.82, 2.24) is 10.6 Å². The lowest BCUT2D eigenvalue weighted by molar-refractivity contribution is -0.137. The summed E-state index contributed by atoms with van der Waals surface area (Å²) in [5, 5.41) is 13.8. The second-order valence-corrected chi connectivity index (χ2v) is 7.08. The van der Waals surface area contributed by atoms with Crippen molar-refractivity contribution in [2.45, 2.75) is 24.8 Å². The summed E-state index contributed by atoms with van der Waals surface area (Å²) in [5.41, 5.74) is 10.2. The molecule has 3 rings (SSSR count). The van der Waals surface area contributed by atoms with Crippen LogP contribution >= 0.6 is 0 Å². The molecule has 8 heteroatoms. The van der Waals surface area contributed by atoms with Crippen LogP contribution in [0, 0.1) is 0 Å². The van der Waals surface area contributed by atoms with E-state index in [4.69, 9.17) is 15.6 Å². The van der Waals surface area contributed by atoms with Crippen molar-refractivity contribution in [3.05, 3.63) is 59.7 Å². The molecule has 2 amide bonds. The van der Waals surface area contributed by atoms with Crippen LogP contribution in [0.4, 0.5) is 4.79 Å². The van der Waals surface area contributed by atoms with E-state index < -0.39 is 24.0 Å². The fraction of sp³-hybridized carbons (Fsp3) is 0.318. The number of alkyl carbamates (subject to hydrolysis) is 1. The molecule has 1 atom stereocenters. The first-order valence-corrected chi connectivity index (χ1v) is 9.81. The number of nitrogens with two attached hydrogens (primary N) is 1. The smallest absolute Gasteiger partial charge is 0.407 e. The topological polar surface area (TPSA) is 131 Å². The molecule has 0 saturated carbocycles. The molecular formula is C22H25N3O5. The van der Waals surface area contributed by atoms with Gasteiger partial charge in [-0.25, -0.2) is 4.79 Å². The third-order valence-electron chi connectivity index (χ3n) is 5.04. The zero-order valence-corrected chi connectivity index (χ0v) is 16.5. The summed E-state index contributed by atoms with van der Waals surface area (Å²) in [7, 11) is 0. The molecule has 0 fully saturated rings. The summed E-state index contributed by atoms with van der Waals surface area (Å²) in [6.45, 7) is 0.560. The molecular weight excluding hydrogens is 386 g/mol. The second-order valence-electron chi connectivity index (χ2n) is 7.08. The van der Waals surface area contributed by atoms with Crippen molar-refractivity contribution in [3.63, 3.8) is 0 Å². The van der Waals surface area contributed by atoms with Gasteiger partial charge in [0.1, 0.15) is 6.61 Å². The van der Waals surface area contributed by atoms with Gasteiger partial charge in [0.15, 0.2) is 0 Å². The van der Waals surface area contributed by atoms with E-state index in [0.717, 1.165) is 22.3 Å². The molecule has 8 nitrogen and oxygen atoms in total. The fourth-order valence-corrected chi connectivity index (χ4v) is 3.54. The van der Waals surface area contributed by atoms with Gasteiger partial charge in [-0.05, 0) is 28.7 Å². The van der Waals surface area contributed by atoms with Gasteiger partial charge in [-0.3, -0.25) is 9.59 Å². The Bertz CT molecular complexity index is 885. The molecule has 2 aromatic rings. The number of carboxylic acids is 1. The van der Waals surface area contributed by atoms with Gasteiger partial charge in [0.25, 0.3) is 0 Å². The molecule has 158 valence electrons. The van der Waals surface area contributed by atoms with E-state index in [-0.39, 0.29) is 38.5 Å². The summed E-state index contributed by atoms with van der Waals surface area (Å²) in [6, 6.07) is 15.3. The van der Waals surface area contributed by atoms with Gasteiger partial charge in [-0.1, -0.05) is 48.5 Å². The Hall–Kier alpha value is -3.39. The number of fused-ring (bicyclic) bond motifs is 3. The molecule has 1 aliphatic carbocycles. The molecule has 0 spiro atoms. The van der Waals surface area contributed by atoms with Gasteiger partial charge in [0.05, 0.1) is 6.04 Å². The number of nitrogens with one attached hydrogen (secondary N) is 2. The monoisotopic (exact) mass is 411 g/mol. The number of carboxylic acid groups (broad SMARTS) is 1. The summed E-state index contributed by atoms with van der Waals surface area (Å²) in [4.78, 5) is 34.3. The highest BCUT2D eigenvalue weighted by Gasteiger charge is 2.28. The molecule has 0 aliphatic heterocycles. The van der Waals surface area contributed by atoms with E-state index in [0.29, 0.717) is 0 Å². The lowest BCUT2D eigenvalue weighted by atomic mass is 9.98. The summed E-state index contributed by atoms with van der Waals surface area (Å²) >= 11 is 0. The summed E-state index contributed by atoms with van der Waals surface area (Å²) in [5.74, 6) is -1.48. The maximum Gasteiger partial charge on any atom is 0.407 e. The van der Waals surface area contributed by atoms with Gasteiger partial charge in [-0.15, -0.1) is 0 Å². The zero-order chi connectivity index (χ0) is 21.5. The highest BCUT2D eigenvalue weighted by atomic mass is 16.5. The van der Waals surface area contributed by atoms with Gasteiger partial charge in [0.2, 0.25) is 5.91 Å². The van der Waals surface area contributed by atoms with Crippen molar-refractivity contribution in [1.29, 1.82) is 0 Å². The molecule has 5 N–H and O–H groups in total. The molecule has 0 unspecified atom stereocenters. The molecule has 0 saturated heterocycles. The molecule has 30 heavy (non-hydrogen) atoms. The third-order valence-corrected chi connectivity index (χ3v) is 5.04. The lowest BCUT2D eigenvalue weighted by Crippen LogP contribution is -2.43. The number of hydrogen-bond donors (Lipinski definition) is 4. The van der Waals surface area contributed by atoms with E-state index in [9.17, 15) is 14.4 Å². The number of hydrogen-bond acceptors (Lipinski definition) is 5. The molecule has 0 aromatic heterocycles. The number of carbonyl (C=O) groups is 3. The first-order valence-electron chi connectivity index (χ1n) is 9.81. The van der Waals surface area contributed by atoms with Crippen LogP contribution < -0.4 is 16.4 Å². The van der Waals surface area contributed by atoms with E-state index in [1.165, 1.54) is 0 Å². The van der Waals surface area contributed by atoms with Crippen LogP contribution in [0.25, 0.3) is 11.1 Å². The van der Waals surface area contributed by atoms with Crippen molar-refractivity contribution in [3.8, 4) is 11.1 Å². The van der Waals surface area contributed by atoms with Crippen LogP contribution in [0.5, 0.6) is 0 Å². The Morgan fingerprint density at radius 3 is 2.13 bits per heavy atom. The first kappa shape index (κ1) is 21.3. The predicted octanol–water partition coefficient (Wildman–Crippen LogP) is 1.83. The number of rotatable bonds is 9. The van der Waals surface area contributed by atoms with Crippen molar-refractivity contribution >= 4 is 18.0 Å². The first-order chi connectivity index (χ1) is 14.5. The van der Waals surface area contributed by atoms with Crippen molar-refractivity contribution in [2.24, 2.45) is 5.73 Å². The minimum Gasteiger partial charge on any atom is -0.481 e. The standard InChI is InChI=1S/C22H25N3O5/c23-19(9-10-20(26)27)21(28)24-11-12-25-22(29)30-13-18-16-7-3-1-5-14(16)15-6-2-4-8-17(15)18/h1-8,18-19H,9-13,23H2,(H,24,28)(H,25,29)(H,26,27)/t19-/m0/s1. The Kier molecular flexibility index (Phi) is 7.03. The Morgan fingerprint density at radius 1 is 0.967 bits per heavy atom. The SMILES string of the molecule is N[C@@H](CCC(=O)O)C(=O)NCCNC(=O)OCC1c2ccccc2-c2ccccc21. The van der Waals surface area contributed by atoms with Crippen LogP contribution in [0.15, 0.2) is 48.5 Å².